The second-order valence-electron chi connectivity index (χ2n) is 4.75. The molecule has 0 radical (unpaired) electrons. The molecule has 7 heteroatoms. The summed E-state index contributed by atoms with van der Waals surface area (Å²) in [5.41, 5.74) is 5.99. The van der Waals surface area contributed by atoms with E-state index in [2.05, 4.69) is 0 Å². The van der Waals surface area contributed by atoms with Gasteiger partial charge in [0.2, 0.25) is 10.0 Å². The van der Waals surface area contributed by atoms with Crippen molar-refractivity contribution >= 4 is 10.0 Å². The molecule has 0 saturated carbocycles. The molecule has 2 aromatic rings. The Hall–Kier alpha value is -1.70. The maximum absolute atomic E-state index is 13.8. The van der Waals surface area contributed by atoms with Crippen LogP contribution in [0, 0.1) is 12.7 Å². The topological polar surface area (TPSA) is 76.5 Å². The summed E-state index contributed by atoms with van der Waals surface area (Å²) in [6.07, 6.45) is 1.47. The van der Waals surface area contributed by atoms with E-state index in [0.29, 0.717) is 11.3 Å². The lowest BCUT2D eigenvalue weighted by atomic mass is 10.1. The molecule has 2 N–H and O–H groups in total. The van der Waals surface area contributed by atoms with Crippen LogP contribution in [0.25, 0.3) is 0 Å². The van der Waals surface area contributed by atoms with E-state index in [4.69, 9.17) is 10.2 Å². The van der Waals surface area contributed by atoms with E-state index in [9.17, 15) is 12.8 Å². The molecule has 0 saturated heterocycles. The van der Waals surface area contributed by atoms with Crippen LogP contribution in [0.4, 0.5) is 4.39 Å². The van der Waals surface area contributed by atoms with Gasteiger partial charge in [-0.15, -0.1) is 0 Å². The Bertz CT molecular complexity index is 727. The smallest absolute Gasteiger partial charge is 0.243 e. The highest BCUT2D eigenvalue weighted by Crippen LogP contribution is 2.24. The Morgan fingerprint density at radius 3 is 2.67 bits per heavy atom. The molecular weight excluding hydrogens is 295 g/mol. The second kappa shape index (κ2) is 5.97. The molecule has 1 heterocycles. The van der Waals surface area contributed by atoms with E-state index in [1.54, 1.807) is 12.1 Å². The van der Waals surface area contributed by atoms with Crippen LogP contribution in [0.3, 0.4) is 0 Å². The van der Waals surface area contributed by atoms with Gasteiger partial charge < -0.3 is 10.2 Å². The average molecular weight is 312 g/mol. The number of rotatable bonds is 5. The Labute approximate surface area is 123 Å². The van der Waals surface area contributed by atoms with Crippen molar-refractivity contribution in [2.75, 3.05) is 7.05 Å². The minimum atomic E-state index is -3.82. The molecule has 0 unspecified atom stereocenters. The van der Waals surface area contributed by atoms with Crippen LogP contribution in [0.15, 0.2) is 39.8 Å². The van der Waals surface area contributed by atoms with Crippen molar-refractivity contribution < 1.29 is 17.2 Å². The molecule has 5 nitrogen and oxygen atoms in total. The van der Waals surface area contributed by atoms with E-state index < -0.39 is 15.8 Å². The van der Waals surface area contributed by atoms with Crippen LogP contribution in [-0.2, 0) is 23.1 Å². The summed E-state index contributed by atoms with van der Waals surface area (Å²) in [5.74, 6) is -0.0721. The van der Waals surface area contributed by atoms with Crippen LogP contribution in [0.5, 0.6) is 0 Å². The predicted octanol–water partition coefficient (Wildman–Crippen LogP) is 2.01. The number of nitrogens with zero attached hydrogens (tertiary/aromatic N) is 1. The number of halogens is 1. The summed E-state index contributed by atoms with van der Waals surface area (Å²) in [5, 5.41) is 0. The van der Waals surface area contributed by atoms with E-state index in [0.717, 1.165) is 4.31 Å². The first kappa shape index (κ1) is 15.7. The lowest BCUT2D eigenvalue weighted by Crippen LogP contribution is -2.27. The van der Waals surface area contributed by atoms with Gasteiger partial charge in [-0.2, -0.15) is 4.31 Å². The van der Waals surface area contributed by atoms with Gasteiger partial charge in [-0.3, -0.25) is 0 Å². The minimum Gasteiger partial charge on any atom is -0.468 e. The minimum absolute atomic E-state index is 0.0710. The first-order valence-corrected chi connectivity index (χ1v) is 7.78. The summed E-state index contributed by atoms with van der Waals surface area (Å²) >= 11 is 0. The van der Waals surface area contributed by atoms with Gasteiger partial charge in [-0.25, -0.2) is 12.8 Å². The first-order chi connectivity index (χ1) is 9.86. The molecule has 0 fully saturated rings. The van der Waals surface area contributed by atoms with E-state index in [-0.39, 0.29) is 23.5 Å². The highest BCUT2D eigenvalue weighted by atomic mass is 32.2. The highest BCUT2D eigenvalue weighted by molar-refractivity contribution is 7.89. The number of sulfonamides is 1. The third kappa shape index (κ3) is 3.15. The number of hydrogen-bond acceptors (Lipinski definition) is 4. The molecule has 21 heavy (non-hydrogen) atoms. The average Bonchev–Trinajstić information content (AvgIpc) is 2.94. The Morgan fingerprint density at radius 2 is 2.10 bits per heavy atom. The molecule has 0 atom stereocenters. The van der Waals surface area contributed by atoms with Gasteiger partial charge in [0.15, 0.2) is 0 Å². The molecule has 0 aliphatic heterocycles. The molecule has 1 aromatic heterocycles. The largest absolute Gasteiger partial charge is 0.468 e. The molecule has 0 bridgehead atoms. The van der Waals surface area contributed by atoms with Crippen LogP contribution in [0.2, 0.25) is 0 Å². The van der Waals surface area contributed by atoms with Crippen molar-refractivity contribution in [3.8, 4) is 0 Å². The van der Waals surface area contributed by atoms with E-state index in [1.807, 2.05) is 0 Å². The number of hydrogen-bond donors (Lipinski definition) is 1. The molecule has 0 amide bonds. The zero-order chi connectivity index (χ0) is 15.6. The van der Waals surface area contributed by atoms with Gasteiger partial charge in [-0.1, -0.05) is 0 Å². The number of furan rings is 1. The fraction of sp³-hybridized carbons (Fsp3) is 0.286. The van der Waals surface area contributed by atoms with Gasteiger partial charge in [0.1, 0.15) is 11.6 Å². The molecule has 1 aromatic carbocycles. The van der Waals surface area contributed by atoms with Crippen molar-refractivity contribution in [2.24, 2.45) is 5.73 Å². The number of benzene rings is 1. The monoisotopic (exact) mass is 312 g/mol. The SMILES string of the molecule is Cc1c(F)cc(CN)cc1S(=O)(=O)N(C)Cc1ccco1. The summed E-state index contributed by atoms with van der Waals surface area (Å²) in [7, 11) is -2.40. The van der Waals surface area contributed by atoms with Crippen molar-refractivity contribution in [1.29, 1.82) is 0 Å². The molecule has 0 aliphatic carbocycles. The van der Waals surface area contributed by atoms with Crippen molar-refractivity contribution in [1.82, 2.24) is 4.31 Å². The fourth-order valence-electron chi connectivity index (χ4n) is 1.97. The summed E-state index contributed by atoms with van der Waals surface area (Å²) in [6.45, 7) is 1.58. The lowest BCUT2D eigenvalue weighted by molar-refractivity contribution is 0.405. The third-order valence-electron chi connectivity index (χ3n) is 3.24. The van der Waals surface area contributed by atoms with Crippen molar-refractivity contribution in [3.05, 3.63) is 53.2 Å². The molecule has 0 spiro atoms. The number of nitrogens with two attached hydrogens (primary N) is 1. The van der Waals surface area contributed by atoms with E-state index in [1.165, 1.54) is 32.4 Å². The predicted molar refractivity (Wildman–Crippen MR) is 76.4 cm³/mol. The van der Waals surface area contributed by atoms with Crippen molar-refractivity contribution in [2.45, 2.75) is 24.9 Å². The summed E-state index contributed by atoms with van der Waals surface area (Å²) in [6, 6.07) is 6.01. The maximum atomic E-state index is 13.8. The Morgan fingerprint density at radius 1 is 1.38 bits per heavy atom. The Kier molecular flexibility index (Phi) is 4.46. The normalized spacial score (nSPS) is 12.0. The van der Waals surface area contributed by atoms with Crippen LogP contribution in [0.1, 0.15) is 16.9 Å². The molecule has 2 rings (SSSR count). The summed E-state index contributed by atoms with van der Waals surface area (Å²) in [4.78, 5) is -0.0722. The van der Waals surface area contributed by atoms with Crippen LogP contribution >= 0.6 is 0 Å². The quantitative estimate of drug-likeness (QED) is 0.916. The van der Waals surface area contributed by atoms with Gasteiger partial charge in [0.05, 0.1) is 17.7 Å². The lowest BCUT2D eigenvalue weighted by Gasteiger charge is -2.18. The maximum Gasteiger partial charge on any atom is 0.243 e. The van der Waals surface area contributed by atoms with E-state index >= 15 is 0 Å². The van der Waals surface area contributed by atoms with Gasteiger partial charge in [0, 0.05) is 19.2 Å². The molecule has 114 valence electrons. The van der Waals surface area contributed by atoms with Gasteiger partial charge >= 0.3 is 0 Å². The van der Waals surface area contributed by atoms with Crippen LogP contribution < -0.4 is 5.73 Å². The van der Waals surface area contributed by atoms with Crippen LogP contribution in [-0.4, -0.2) is 19.8 Å². The van der Waals surface area contributed by atoms with Gasteiger partial charge in [0.25, 0.3) is 0 Å². The first-order valence-electron chi connectivity index (χ1n) is 6.34. The Balaban J connectivity index is 2.41. The molecular formula is C14H17FN2O3S. The standard InChI is InChI=1S/C14H17FN2O3S/c1-10-13(15)6-11(8-16)7-14(10)21(18,19)17(2)9-12-4-3-5-20-12/h3-7H,8-9,16H2,1-2H3. The fourth-order valence-corrected chi connectivity index (χ4v) is 3.39. The second-order valence-corrected chi connectivity index (χ2v) is 6.76. The zero-order valence-corrected chi connectivity index (χ0v) is 12.7. The third-order valence-corrected chi connectivity index (χ3v) is 5.17. The van der Waals surface area contributed by atoms with Gasteiger partial charge in [-0.05, 0) is 36.8 Å². The highest BCUT2D eigenvalue weighted by Gasteiger charge is 2.25. The summed E-state index contributed by atoms with van der Waals surface area (Å²) < 4.78 is 45.2. The zero-order valence-electron chi connectivity index (χ0n) is 11.8. The van der Waals surface area contributed by atoms with Crippen molar-refractivity contribution in [3.63, 3.8) is 0 Å². The molecule has 0 aliphatic rings.